The third kappa shape index (κ3) is 3.54. The number of nitrogens with zero attached hydrogens (tertiary/aromatic N) is 4. The van der Waals surface area contributed by atoms with Crippen molar-refractivity contribution in [2.45, 2.75) is 6.18 Å². The minimum atomic E-state index is -4.54. The van der Waals surface area contributed by atoms with Gasteiger partial charge in [0.15, 0.2) is 0 Å². The van der Waals surface area contributed by atoms with Gasteiger partial charge in [-0.1, -0.05) is 12.1 Å². The summed E-state index contributed by atoms with van der Waals surface area (Å²) in [6.45, 7) is 0. The summed E-state index contributed by atoms with van der Waals surface area (Å²) in [7, 11) is 0. The van der Waals surface area contributed by atoms with Gasteiger partial charge in [0.2, 0.25) is 5.78 Å². The fourth-order valence-corrected chi connectivity index (χ4v) is 2.59. The number of carbonyl (C=O) groups is 1. The number of amides is 1. The van der Waals surface area contributed by atoms with Gasteiger partial charge in [-0.05, 0) is 30.3 Å². The highest BCUT2D eigenvalue weighted by molar-refractivity contribution is 6.04. The number of anilines is 1. The Kier molecular flexibility index (Phi) is 4.26. The molecule has 140 valence electrons. The second kappa shape index (κ2) is 6.76. The highest BCUT2D eigenvalue weighted by Gasteiger charge is 2.32. The summed E-state index contributed by atoms with van der Waals surface area (Å²) in [5.74, 6) is 0.0237. The third-order valence-corrected chi connectivity index (χ3v) is 3.99. The Bertz CT molecular complexity index is 1100. The Hall–Kier alpha value is -3.75. The van der Waals surface area contributed by atoms with Gasteiger partial charge in [0.05, 0.1) is 11.3 Å². The molecular weight excluding hydrogens is 371 g/mol. The van der Waals surface area contributed by atoms with Gasteiger partial charge in [-0.15, -0.1) is 0 Å². The van der Waals surface area contributed by atoms with Crippen LogP contribution in [0.15, 0.2) is 67.3 Å². The molecule has 1 N–H and O–H groups in total. The fourth-order valence-electron chi connectivity index (χ4n) is 2.59. The van der Waals surface area contributed by atoms with Crippen molar-refractivity contribution in [2.75, 3.05) is 5.32 Å². The molecule has 9 heteroatoms. The van der Waals surface area contributed by atoms with Gasteiger partial charge in [-0.2, -0.15) is 13.2 Å². The molecule has 0 unspecified atom stereocenters. The predicted octanol–water partition coefficient (Wildman–Crippen LogP) is 4.06. The molecule has 3 aromatic heterocycles. The molecule has 0 fully saturated rings. The number of rotatable bonds is 3. The number of pyridine rings is 1. The van der Waals surface area contributed by atoms with E-state index in [1.807, 2.05) is 12.4 Å². The van der Waals surface area contributed by atoms with Gasteiger partial charge >= 0.3 is 6.18 Å². The molecule has 0 atom stereocenters. The van der Waals surface area contributed by atoms with Gasteiger partial charge in [0, 0.05) is 36.0 Å². The zero-order valence-corrected chi connectivity index (χ0v) is 14.2. The van der Waals surface area contributed by atoms with Crippen LogP contribution in [0.1, 0.15) is 16.1 Å². The second-order valence-electron chi connectivity index (χ2n) is 5.91. The molecule has 1 amide bonds. The lowest BCUT2D eigenvalue weighted by Crippen LogP contribution is -2.14. The second-order valence-corrected chi connectivity index (χ2v) is 5.91. The van der Waals surface area contributed by atoms with Crippen LogP contribution in [0.5, 0.6) is 0 Å². The number of nitrogens with one attached hydrogen (secondary N) is 1. The van der Waals surface area contributed by atoms with Crippen molar-refractivity contribution in [3.05, 3.63) is 78.5 Å². The first-order valence-corrected chi connectivity index (χ1v) is 8.15. The Morgan fingerprint density at radius 1 is 1.04 bits per heavy atom. The molecule has 0 saturated heterocycles. The highest BCUT2D eigenvalue weighted by atomic mass is 19.4. The Morgan fingerprint density at radius 2 is 1.82 bits per heavy atom. The van der Waals surface area contributed by atoms with E-state index in [2.05, 4.69) is 20.3 Å². The number of hydrogen-bond donors (Lipinski definition) is 1. The van der Waals surface area contributed by atoms with Gasteiger partial charge in [-0.25, -0.2) is 9.97 Å². The van der Waals surface area contributed by atoms with Crippen LogP contribution >= 0.6 is 0 Å². The third-order valence-electron chi connectivity index (χ3n) is 3.99. The van der Waals surface area contributed by atoms with E-state index < -0.39 is 17.8 Å². The molecule has 0 aliphatic rings. The highest BCUT2D eigenvalue weighted by Crippen LogP contribution is 2.27. The van der Waals surface area contributed by atoms with Crippen LogP contribution < -0.4 is 5.32 Å². The summed E-state index contributed by atoms with van der Waals surface area (Å²) in [6.07, 6.45) is 1.69. The maximum absolute atomic E-state index is 12.5. The van der Waals surface area contributed by atoms with E-state index >= 15 is 0 Å². The van der Waals surface area contributed by atoms with E-state index in [1.54, 1.807) is 40.9 Å². The van der Waals surface area contributed by atoms with Crippen LogP contribution in [-0.2, 0) is 6.18 Å². The molecule has 6 nitrogen and oxygen atoms in total. The maximum Gasteiger partial charge on any atom is 0.433 e. The van der Waals surface area contributed by atoms with Crippen LogP contribution in [0, 0.1) is 0 Å². The van der Waals surface area contributed by atoms with Crippen molar-refractivity contribution in [3.8, 4) is 11.3 Å². The molecule has 0 radical (unpaired) electrons. The van der Waals surface area contributed by atoms with Gasteiger partial charge in [0.1, 0.15) is 5.69 Å². The molecule has 3 heterocycles. The predicted molar refractivity (Wildman–Crippen MR) is 95.6 cm³/mol. The van der Waals surface area contributed by atoms with E-state index in [9.17, 15) is 18.0 Å². The normalized spacial score (nSPS) is 11.5. The Morgan fingerprint density at radius 3 is 2.46 bits per heavy atom. The zero-order valence-electron chi connectivity index (χ0n) is 14.2. The molecule has 0 spiro atoms. The van der Waals surface area contributed by atoms with Crippen LogP contribution in [0.4, 0.5) is 18.9 Å². The average Bonchev–Trinajstić information content (AvgIpc) is 3.12. The lowest BCUT2D eigenvalue weighted by molar-refractivity contribution is -0.141. The maximum atomic E-state index is 12.5. The van der Waals surface area contributed by atoms with E-state index in [-0.39, 0.29) is 5.56 Å². The van der Waals surface area contributed by atoms with E-state index in [4.69, 9.17) is 0 Å². The molecule has 1 aromatic carbocycles. The number of hydrogen-bond acceptors (Lipinski definition) is 4. The first kappa shape index (κ1) is 17.7. The standard InChI is InChI=1S/C19H12F3N5O/c20-19(21,22)16-7-4-13(10-24-16)17(28)25-14-5-2-12(3-6-14)15-11-27-9-1-8-23-18(27)26-15/h1-11H,(H,25,28). The summed E-state index contributed by atoms with van der Waals surface area (Å²) in [4.78, 5) is 24.0. The minimum absolute atomic E-state index is 0.0310. The van der Waals surface area contributed by atoms with Crippen LogP contribution in [0.25, 0.3) is 17.0 Å². The minimum Gasteiger partial charge on any atom is -0.322 e. The lowest BCUT2D eigenvalue weighted by atomic mass is 10.1. The number of halogens is 3. The van der Waals surface area contributed by atoms with Crippen LogP contribution in [0.3, 0.4) is 0 Å². The first-order valence-electron chi connectivity index (χ1n) is 8.15. The van der Waals surface area contributed by atoms with Crippen LogP contribution in [0.2, 0.25) is 0 Å². The molecule has 0 saturated carbocycles. The number of carbonyl (C=O) groups excluding carboxylic acids is 1. The van der Waals surface area contributed by atoms with E-state index in [0.29, 0.717) is 11.5 Å². The Balaban J connectivity index is 1.49. The topological polar surface area (TPSA) is 72.2 Å². The quantitative estimate of drug-likeness (QED) is 0.579. The summed E-state index contributed by atoms with van der Waals surface area (Å²) >= 11 is 0. The van der Waals surface area contributed by atoms with Gasteiger partial charge < -0.3 is 5.32 Å². The molecule has 4 aromatic rings. The van der Waals surface area contributed by atoms with E-state index in [0.717, 1.165) is 29.6 Å². The molecular formula is C19H12F3N5O. The van der Waals surface area contributed by atoms with Crippen molar-refractivity contribution in [1.29, 1.82) is 0 Å². The lowest BCUT2D eigenvalue weighted by Gasteiger charge is -2.08. The van der Waals surface area contributed by atoms with Crippen molar-refractivity contribution in [3.63, 3.8) is 0 Å². The SMILES string of the molecule is O=C(Nc1ccc(-c2cn3cccnc3n2)cc1)c1ccc(C(F)(F)F)nc1. The van der Waals surface area contributed by atoms with Crippen molar-refractivity contribution < 1.29 is 18.0 Å². The number of alkyl halides is 3. The summed E-state index contributed by atoms with van der Waals surface area (Å²) in [6, 6.07) is 10.6. The number of fused-ring (bicyclic) bond motifs is 1. The van der Waals surface area contributed by atoms with Crippen LogP contribution in [-0.4, -0.2) is 25.3 Å². The summed E-state index contributed by atoms with van der Waals surface area (Å²) in [5, 5.41) is 2.62. The smallest absolute Gasteiger partial charge is 0.322 e. The monoisotopic (exact) mass is 383 g/mol. The zero-order chi connectivity index (χ0) is 19.7. The van der Waals surface area contributed by atoms with Gasteiger partial charge in [0.25, 0.3) is 5.91 Å². The number of imidazole rings is 1. The molecule has 4 rings (SSSR count). The summed E-state index contributed by atoms with van der Waals surface area (Å²) in [5.41, 5.74) is 1.04. The van der Waals surface area contributed by atoms with Crippen molar-refractivity contribution in [1.82, 2.24) is 19.4 Å². The fraction of sp³-hybridized carbons (Fsp3) is 0.0526. The summed E-state index contributed by atoms with van der Waals surface area (Å²) < 4.78 is 39.4. The number of aromatic nitrogens is 4. The Labute approximate surface area is 156 Å². The molecule has 28 heavy (non-hydrogen) atoms. The van der Waals surface area contributed by atoms with Crippen molar-refractivity contribution in [2.24, 2.45) is 0 Å². The molecule has 0 bridgehead atoms. The van der Waals surface area contributed by atoms with Gasteiger partial charge in [-0.3, -0.25) is 14.2 Å². The average molecular weight is 383 g/mol. The largest absolute Gasteiger partial charge is 0.433 e. The first-order chi connectivity index (χ1) is 13.4. The number of benzene rings is 1. The van der Waals surface area contributed by atoms with E-state index in [1.165, 1.54) is 0 Å². The molecule has 0 aliphatic carbocycles. The van der Waals surface area contributed by atoms with Crippen molar-refractivity contribution >= 4 is 17.4 Å². The molecule has 0 aliphatic heterocycles.